The second kappa shape index (κ2) is 5.85. The molecule has 1 amide bonds. The molecular weight excluding hydrogens is 265 g/mol. The second-order valence-corrected chi connectivity index (χ2v) is 4.67. The molecule has 0 heterocycles. The zero-order valence-electron chi connectivity index (χ0n) is 10.4. The quantitative estimate of drug-likeness (QED) is 0.910. The van der Waals surface area contributed by atoms with Gasteiger partial charge in [0.15, 0.2) is 0 Å². The number of nitrogens with one attached hydrogen (secondary N) is 1. The first-order valence-corrected chi connectivity index (χ1v) is 6.22. The summed E-state index contributed by atoms with van der Waals surface area (Å²) in [6, 6.07) is 13.0. The molecule has 0 spiro atoms. The molecule has 0 aliphatic heterocycles. The summed E-state index contributed by atoms with van der Waals surface area (Å²) in [5.74, 6) is -0.453. The second-order valence-electron chi connectivity index (χ2n) is 4.24. The Labute approximate surface area is 116 Å². The number of hydrogen-bond donors (Lipinski definition) is 1. The molecule has 0 aliphatic rings. The summed E-state index contributed by atoms with van der Waals surface area (Å²) in [5.41, 5.74) is 1.71. The van der Waals surface area contributed by atoms with Crippen LogP contribution >= 0.6 is 11.6 Å². The summed E-state index contributed by atoms with van der Waals surface area (Å²) in [5, 5.41) is 3.48. The van der Waals surface area contributed by atoms with Crippen LogP contribution in [0.3, 0.4) is 0 Å². The van der Waals surface area contributed by atoms with E-state index in [0.29, 0.717) is 5.02 Å². The van der Waals surface area contributed by atoms with E-state index in [1.54, 1.807) is 24.3 Å². The first kappa shape index (κ1) is 13.6. The number of benzene rings is 2. The van der Waals surface area contributed by atoms with Crippen molar-refractivity contribution < 1.29 is 9.18 Å². The van der Waals surface area contributed by atoms with Gasteiger partial charge in [0.25, 0.3) is 0 Å². The molecule has 4 heteroatoms. The van der Waals surface area contributed by atoms with Crippen molar-refractivity contribution in [1.82, 2.24) is 5.32 Å². The van der Waals surface area contributed by atoms with Crippen molar-refractivity contribution in [2.24, 2.45) is 0 Å². The first-order valence-electron chi connectivity index (χ1n) is 5.84. The minimum atomic E-state index is -0.310. The zero-order valence-corrected chi connectivity index (χ0v) is 11.1. The Morgan fingerprint density at radius 1 is 1.05 bits per heavy atom. The maximum absolute atomic E-state index is 13.0. The summed E-state index contributed by atoms with van der Waals surface area (Å²) < 4.78 is 13.0. The fraction of sp³-hybridized carbons (Fsp3) is 0.133. The molecule has 0 fully saturated rings. The predicted octanol–water partition coefficient (Wildman–Crippen LogP) is 3.70. The Kier molecular flexibility index (Phi) is 4.17. The molecule has 0 unspecified atom stereocenters. The average molecular weight is 278 g/mol. The fourth-order valence-electron chi connectivity index (χ4n) is 1.87. The van der Waals surface area contributed by atoms with Gasteiger partial charge in [-0.2, -0.15) is 0 Å². The third kappa shape index (κ3) is 3.55. The van der Waals surface area contributed by atoms with E-state index in [1.165, 1.54) is 19.1 Å². The molecule has 0 saturated carbocycles. The zero-order chi connectivity index (χ0) is 13.8. The van der Waals surface area contributed by atoms with Crippen molar-refractivity contribution in [2.75, 3.05) is 0 Å². The number of amides is 1. The van der Waals surface area contributed by atoms with E-state index in [-0.39, 0.29) is 17.8 Å². The van der Waals surface area contributed by atoms with Gasteiger partial charge in [0, 0.05) is 11.9 Å². The lowest BCUT2D eigenvalue weighted by atomic mass is 9.98. The summed E-state index contributed by atoms with van der Waals surface area (Å²) in [4.78, 5) is 11.3. The van der Waals surface area contributed by atoms with Gasteiger partial charge in [0.05, 0.1) is 6.04 Å². The van der Waals surface area contributed by atoms with Crippen molar-refractivity contribution in [3.63, 3.8) is 0 Å². The SMILES string of the molecule is CC(=O)N[C@@H](c1ccc(F)cc1)c1ccc(Cl)cc1. The normalized spacial score (nSPS) is 11.9. The molecule has 0 aromatic heterocycles. The van der Waals surface area contributed by atoms with Crippen molar-refractivity contribution >= 4 is 17.5 Å². The van der Waals surface area contributed by atoms with Gasteiger partial charge in [-0.3, -0.25) is 4.79 Å². The molecule has 2 nitrogen and oxygen atoms in total. The van der Waals surface area contributed by atoms with Gasteiger partial charge >= 0.3 is 0 Å². The maximum atomic E-state index is 13.0. The van der Waals surface area contributed by atoms with Crippen molar-refractivity contribution in [3.8, 4) is 0 Å². The molecule has 2 aromatic carbocycles. The molecule has 0 aliphatic carbocycles. The monoisotopic (exact) mass is 277 g/mol. The Hall–Kier alpha value is -1.87. The highest BCUT2D eigenvalue weighted by molar-refractivity contribution is 6.30. The highest BCUT2D eigenvalue weighted by atomic mass is 35.5. The van der Waals surface area contributed by atoms with Gasteiger partial charge in [-0.25, -0.2) is 4.39 Å². The molecule has 1 N–H and O–H groups in total. The number of carbonyl (C=O) groups is 1. The standard InChI is InChI=1S/C15H13ClFNO/c1-10(19)18-15(11-2-6-13(16)7-3-11)12-4-8-14(17)9-5-12/h2-9,15H,1H3,(H,18,19)/t15-/m1/s1. The van der Waals surface area contributed by atoms with Gasteiger partial charge in [0.2, 0.25) is 5.91 Å². The minimum absolute atomic E-state index is 0.149. The molecule has 2 aromatic rings. The number of carbonyl (C=O) groups excluding carboxylic acids is 1. The van der Waals surface area contributed by atoms with E-state index in [1.807, 2.05) is 12.1 Å². The average Bonchev–Trinajstić information content (AvgIpc) is 2.38. The first-order chi connectivity index (χ1) is 9.06. The molecular formula is C15H13ClFNO. The smallest absolute Gasteiger partial charge is 0.217 e. The fourth-order valence-corrected chi connectivity index (χ4v) is 2.00. The minimum Gasteiger partial charge on any atom is -0.345 e. The van der Waals surface area contributed by atoms with Gasteiger partial charge in [-0.15, -0.1) is 0 Å². The van der Waals surface area contributed by atoms with Crippen molar-refractivity contribution in [2.45, 2.75) is 13.0 Å². The highest BCUT2D eigenvalue weighted by Crippen LogP contribution is 2.23. The molecule has 19 heavy (non-hydrogen) atoms. The van der Waals surface area contributed by atoms with Crippen LogP contribution in [0.5, 0.6) is 0 Å². The van der Waals surface area contributed by atoms with Crippen molar-refractivity contribution in [3.05, 3.63) is 70.5 Å². The predicted molar refractivity (Wildman–Crippen MR) is 73.5 cm³/mol. The van der Waals surface area contributed by atoms with E-state index in [2.05, 4.69) is 5.32 Å². The van der Waals surface area contributed by atoms with E-state index in [0.717, 1.165) is 11.1 Å². The third-order valence-electron chi connectivity index (χ3n) is 2.75. The van der Waals surface area contributed by atoms with E-state index < -0.39 is 0 Å². The van der Waals surface area contributed by atoms with Crippen LogP contribution in [0.25, 0.3) is 0 Å². The maximum Gasteiger partial charge on any atom is 0.217 e. The number of rotatable bonds is 3. The topological polar surface area (TPSA) is 29.1 Å². The summed E-state index contributed by atoms with van der Waals surface area (Å²) in [6.07, 6.45) is 0. The van der Waals surface area contributed by atoms with E-state index in [4.69, 9.17) is 11.6 Å². The number of hydrogen-bond acceptors (Lipinski definition) is 1. The van der Waals surface area contributed by atoms with Gasteiger partial charge in [-0.1, -0.05) is 35.9 Å². The van der Waals surface area contributed by atoms with Crippen LogP contribution in [0.15, 0.2) is 48.5 Å². The Morgan fingerprint density at radius 3 is 2.00 bits per heavy atom. The van der Waals surface area contributed by atoms with Crippen LogP contribution in [-0.2, 0) is 4.79 Å². The van der Waals surface area contributed by atoms with Crippen LogP contribution in [-0.4, -0.2) is 5.91 Å². The number of halogens is 2. The van der Waals surface area contributed by atoms with E-state index >= 15 is 0 Å². The van der Waals surface area contributed by atoms with E-state index in [9.17, 15) is 9.18 Å². The Balaban J connectivity index is 2.37. The molecule has 2 rings (SSSR count). The van der Waals surface area contributed by atoms with Gasteiger partial charge in [-0.05, 0) is 35.4 Å². The van der Waals surface area contributed by atoms with Gasteiger partial charge < -0.3 is 5.32 Å². The largest absolute Gasteiger partial charge is 0.345 e. The van der Waals surface area contributed by atoms with Crippen molar-refractivity contribution in [1.29, 1.82) is 0 Å². The molecule has 0 saturated heterocycles. The molecule has 98 valence electrons. The van der Waals surface area contributed by atoms with Crippen LogP contribution in [0.1, 0.15) is 24.1 Å². The lowest BCUT2D eigenvalue weighted by Gasteiger charge is -2.19. The van der Waals surface area contributed by atoms with Crippen LogP contribution in [0.2, 0.25) is 5.02 Å². The summed E-state index contributed by atoms with van der Waals surface area (Å²) >= 11 is 5.85. The van der Waals surface area contributed by atoms with Gasteiger partial charge in [0.1, 0.15) is 5.82 Å². The summed E-state index contributed by atoms with van der Waals surface area (Å²) in [6.45, 7) is 1.45. The van der Waals surface area contributed by atoms with Crippen LogP contribution in [0.4, 0.5) is 4.39 Å². The Bertz CT molecular complexity index is 520. The molecule has 0 bridgehead atoms. The highest BCUT2D eigenvalue weighted by Gasteiger charge is 2.15. The van der Waals surface area contributed by atoms with Crippen LogP contribution in [0, 0.1) is 5.82 Å². The lowest BCUT2D eigenvalue weighted by molar-refractivity contribution is -0.119. The third-order valence-corrected chi connectivity index (χ3v) is 3.01. The van der Waals surface area contributed by atoms with Crippen LogP contribution < -0.4 is 5.32 Å². The molecule has 0 radical (unpaired) electrons. The molecule has 1 atom stereocenters. The Morgan fingerprint density at radius 2 is 1.53 bits per heavy atom. The summed E-state index contributed by atoms with van der Waals surface area (Å²) in [7, 11) is 0. The lowest BCUT2D eigenvalue weighted by Crippen LogP contribution is -2.26.